The van der Waals surface area contributed by atoms with Gasteiger partial charge < -0.3 is 10.1 Å². The number of nitrogens with one attached hydrogen (secondary N) is 2. The first-order valence-corrected chi connectivity index (χ1v) is 7.22. The van der Waals surface area contributed by atoms with Crippen LogP contribution in [0.3, 0.4) is 0 Å². The molecule has 1 fully saturated rings. The lowest BCUT2D eigenvalue weighted by Crippen LogP contribution is -2.49. The summed E-state index contributed by atoms with van der Waals surface area (Å²) < 4.78 is 31.3. The van der Waals surface area contributed by atoms with E-state index in [-0.39, 0.29) is 17.2 Å². The first-order chi connectivity index (χ1) is 7.29. The Morgan fingerprint density at radius 2 is 2.12 bits per heavy atom. The zero-order valence-electron chi connectivity index (χ0n) is 10.2. The van der Waals surface area contributed by atoms with E-state index in [0.29, 0.717) is 19.8 Å². The SMILES string of the molecule is CC(C)(C)CS(=O)(=O)NCC1COCCN1. The van der Waals surface area contributed by atoms with Crippen LogP contribution < -0.4 is 10.0 Å². The molecular weight excluding hydrogens is 228 g/mol. The van der Waals surface area contributed by atoms with Gasteiger partial charge in [-0.15, -0.1) is 0 Å². The minimum absolute atomic E-state index is 0.0866. The maximum atomic E-state index is 11.7. The summed E-state index contributed by atoms with van der Waals surface area (Å²) in [5.41, 5.74) is -0.220. The van der Waals surface area contributed by atoms with Crippen LogP contribution in [0.25, 0.3) is 0 Å². The molecule has 0 aromatic carbocycles. The quantitative estimate of drug-likeness (QED) is 0.733. The molecule has 0 saturated carbocycles. The smallest absolute Gasteiger partial charge is 0.212 e. The van der Waals surface area contributed by atoms with Crippen molar-refractivity contribution in [1.29, 1.82) is 0 Å². The van der Waals surface area contributed by atoms with E-state index in [1.54, 1.807) is 0 Å². The molecule has 96 valence electrons. The highest BCUT2D eigenvalue weighted by Gasteiger charge is 2.22. The number of sulfonamides is 1. The second kappa shape index (κ2) is 5.44. The van der Waals surface area contributed by atoms with Gasteiger partial charge in [-0.1, -0.05) is 20.8 Å². The molecule has 2 N–H and O–H groups in total. The molecule has 6 heteroatoms. The van der Waals surface area contributed by atoms with Crippen LogP contribution >= 0.6 is 0 Å². The van der Waals surface area contributed by atoms with Crippen molar-refractivity contribution < 1.29 is 13.2 Å². The summed E-state index contributed by atoms with van der Waals surface area (Å²) >= 11 is 0. The average Bonchev–Trinajstić information content (AvgIpc) is 2.13. The Kier molecular flexibility index (Phi) is 4.73. The van der Waals surface area contributed by atoms with Crippen LogP contribution in [-0.2, 0) is 14.8 Å². The summed E-state index contributed by atoms with van der Waals surface area (Å²) in [5, 5.41) is 3.20. The Morgan fingerprint density at radius 1 is 1.44 bits per heavy atom. The van der Waals surface area contributed by atoms with Crippen molar-refractivity contribution >= 4 is 10.0 Å². The predicted octanol–water partition coefficient (Wildman–Crippen LogP) is -0.0597. The third kappa shape index (κ3) is 5.79. The Morgan fingerprint density at radius 3 is 2.62 bits per heavy atom. The lowest BCUT2D eigenvalue weighted by atomic mass is 10.0. The van der Waals surface area contributed by atoms with Crippen molar-refractivity contribution in [2.24, 2.45) is 5.41 Å². The highest BCUT2D eigenvalue weighted by Crippen LogP contribution is 2.15. The fourth-order valence-corrected chi connectivity index (χ4v) is 3.30. The molecular formula is C10H22N2O3S. The standard InChI is InChI=1S/C10H22N2O3S/c1-10(2,3)8-16(13,14)12-6-9-7-15-5-4-11-9/h9,11-12H,4-8H2,1-3H3. The fourth-order valence-electron chi connectivity index (χ4n) is 1.60. The average molecular weight is 250 g/mol. The molecule has 1 heterocycles. The molecule has 0 radical (unpaired) electrons. The molecule has 1 unspecified atom stereocenters. The van der Waals surface area contributed by atoms with Crippen molar-refractivity contribution in [2.45, 2.75) is 26.8 Å². The van der Waals surface area contributed by atoms with E-state index in [1.807, 2.05) is 20.8 Å². The van der Waals surface area contributed by atoms with Gasteiger partial charge in [-0.05, 0) is 5.41 Å². The zero-order chi connectivity index (χ0) is 12.2. The number of hydrogen-bond donors (Lipinski definition) is 2. The van der Waals surface area contributed by atoms with Crippen LogP contribution in [-0.4, -0.2) is 46.5 Å². The predicted molar refractivity (Wildman–Crippen MR) is 63.9 cm³/mol. The van der Waals surface area contributed by atoms with Gasteiger partial charge in [0.2, 0.25) is 10.0 Å². The van der Waals surface area contributed by atoms with Gasteiger partial charge in [0, 0.05) is 19.1 Å². The summed E-state index contributed by atoms with van der Waals surface area (Å²) in [6.45, 7) is 8.18. The maximum absolute atomic E-state index is 11.7. The van der Waals surface area contributed by atoms with Crippen LogP contribution in [0.4, 0.5) is 0 Å². The first kappa shape index (κ1) is 13.9. The molecule has 1 saturated heterocycles. The monoisotopic (exact) mass is 250 g/mol. The second-order valence-corrected chi connectivity index (χ2v) is 7.20. The van der Waals surface area contributed by atoms with Crippen molar-refractivity contribution in [3.8, 4) is 0 Å². The summed E-state index contributed by atoms with van der Waals surface area (Å²) in [6, 6.07) is 0.0866. The molecule has 1 aliphatic rings. The lowest BCUT2D eigenvalue weighted by molar-refractivity contribution is 0.0784. The highest BCUT2D eigenvalue weighted by atomic mass is 32.2. The van der Waals surface area contributed by atoms with E-state index < -0.39 is 10.0 Å². The van der Waals surface area contributed by atoms with Crippen molar-refractivity contribution in [2.75, 3.05) is 32.1 Å². The highest BCUT2D eigenvalue weighted by molar-refractivity contribution is 7.89. The molecule has 5 nitrogen and oxygen atoms in total. The normalized spacial score (nSPS) is 23.3. The van der Waals surface area contributed by atoms with E-state index in [1.165, 1.54) is 0 Å². The third-order valence-electron chi connectivity index (χ3n) is 2.17. The summed E-state index contributed by atoms with van der Waals surface area (Å²) in [7, 11) is -3.18. The van der Waals surface area contributed by atoms with Crippen LogP contribution in [0, 0.1) is 5.41 Å². The molecule has 1 rings (SSSR count). The van der Waals surface area contributed by atoms with Gasteiger partial charge in [0.1, 0.15) is 0 Å². The Balaban J connectivity index is 2.35. The van der Waals surface area contributed by atoms with Crippen LogP contribution in [0.15, 0.2) is 0 Å². The van der Waals surface area contributed by atoms with E-state index in [0.717, 1.165) is 6.54 Å². The topological polar surface area (TPSA) is 67.4 Å². The summed E-state index contributed by atoms with van der Waals surface area (Å²) in [4.78, 5) is 0. The molecule has 0 amide bonds. The number of hydrogen-bond acceptors (Lipinski definition) is 4. The Labute approximate surface area is 98.0 Å². The molecule has 1 aliphatic heterocycles. The molecule has 0 spiro atoms. The minimum Gasteiger partial charge on any atom is -0.378 e. The van der Waals surface area contributed by atoms with Gasteiger partial charge in [-0.2, -0.15) is 0 Å². The second-order valence-electron chi connectivity index (χ2n) is 5.39. The molecule has 0 aromatic rings. The van der Waals surface area contributed by atoms with Crippen LogP contribution in [0.2, 0.25) is 0 Å². The third-order valence-corrected chi connectivity index (χ3v) is 4.02. The molecule has 0 bridgehead atoms. The van der Waals surface area contributed by atoms with E-state index >= 15 is 0 Å². The van der Waals surface area contributed by atoms with E-state index in [9.17, 15) is 8.42 Å². The molecule has 0 aliphatic carbocycles. The minimum atomic E-state index is -3.18. The number of ether oxygens (including phenoxy) is 1. The van der Waals surface area contributed by atoms with Crippen LogP contribution in [0.1, 0.15) is 20.8 Å². The van der Waals surface area contributed by atoms with Gasteiger partial charge in [-0.3, -0.25) is 0 Å². The van der Waals surface area contributed by atoms with Gasteiger partial charge in [0.25, 0.3) is 0 Å². The van der Waals surface area contributed by atoms with Gasteiger partial charge in [0.05, 0.1) is 19.0 Å². The largest absolute Gasteiger partial charge is 0.378 e. The van der Waals surface area contributed by atoms with Crippen LogP contribution in [0.5, 0.6) is 0 Å². The van der Waals surface area contributed by atoms with Gasteiger partial charge in [0.15, 0.2) is 0 Å². The number of rotatable bonds is 4. The summed E-state index contributed by atoms with van der Waals surface area (Å²) in [5.74, 6) is 0.146. The van der Waals surface area contributed by atoms with E-state index in [2.05, 4.69) is 10.0 Å². The zero-order valence-corrected chi connectivity index (χ0v) is 11.1. The molecule has 16 heavy (non-hydrogen) atoms. The molecule has 0 aromatic heterocycles. The lowest BCUT2D eigenvalue weighted by Gasteiger charge is -2.25. The number of morpholine rings is 1. The fraction of sp³-hybridized carbons (Fsp3) is 1.00. The van der Waals surface area contributed by atoms with E-state index in [4.69, 9.17) is 4.74 Å². The summed E-state index contributed by atoms with van der Waals surface area (Å²) in [6.07, 6.45) is 0. The Bertz CT molecular complexity index is 303. The van der Waals surface area contributed by atoms with Crippen molar-refractivity contribution in [3.05, 3.63) is 0 Å². The van der Waals surface area contributed by atoms with Crippen molar-refractivity contribution in [3.63, 3.8) is 0 Å². The van der Waals surface area contributed by atoms with Crippen molar-refractivity contribution in [1.82, 2.24) is 10.0 Å². The van der Waals surface area contributed by atoms with Gasteiger partial charge in [-0.25, -0.2) is 13.1 Å². The van der Waals surface area contributed by atoms with Gasteiger partial charge >= 0.3 is 0 Å². The first-order valence-electron chi connectivity index (χ1n) is 5.57. The maximum Gasteiger partial charge on any atom is 0.212 e. The molecule has 1 atom stereocenters. The Hall–Kier alpha value is -0.170.